The number of aromatic nitrogens is 1. The van der Waals surface area contributed by atoms with Gasteiger partial charge in [-0.1, -0.05) is 0 Å². The number of carbonyl (C=O) groups is 1. The smallest absolute Gasteiger partial charge is 0.417 e. The van der Waals surface area contributed by atoms with Crippen LogP contribution >= 0.6 is 0 Å². The number of benzene rings is 1. The first-order chi connectivity index (χ1) is 10.8. The molecular weight excluding hydrogens is 315 g/mol. The summed E-state index contributed by atoms with van der Waals surface area (Å²) in [6.07, 6.45) is -4.08. The Kier molecular flexibility index (Phi) is 4.44. The number of methoxy groups -OCH3 is 2. The van der Waals surface area contributed by atoms with Crippen LogP contribution in [0.4, 0.5) is 13.2 Å². The van der Waals surface area contributed by atoms with Crippen molar-refractivity contribution in [1.29, 1.82) is 0 Å². The van der Waals surface area contributed by atoms with Gasteiger partial charge in [0, 0.05) is 11.8 Å². The molecule has 0 spiro atoms. The average molecular weight is 327 g/mol. The zero-order valence-electron chi connectivity index (χ0n) is 12.1. The van der Waals surface area contributed by atoms with Gasteiger partial charge in [0.05, 0.1) is 31.0 Å². The predicted molar refractivity (Wildman–Crippen MR) is 74.7 cm³/mol. The van der Waals surface area contributed by atoms with Gasteiger partial charge in [-0.05, 0) is 24.3 Å². The largest absolute Gasteiger partial charge is 0.493 e. The van der Waals surface area contributed by atoms with E-state index in [1.807, 2.05) is 0 Å². The van der Waals surface area contributed by atoms with Crippen molar-refractivity contribution in [3.8, 4) is 22.8 Å². The Morgan fingerprint density at radius 3 is 2.30 bits per heavy atom. The van der Waals surface area contributed by atoms with E-state index in [9.17, 15) is 23.1 Å². The van der Waals surface area contributed by atoms with Crippen molar-refractivity contribution < 1.29 is 32.5 Å². The average Bonchev–Trinajstić information content (AvgIpc) is 2.52. The molecule has 0 amide bonds. The maximum absolute atomic E-state index is 12.7. The van der Waals surface area contributed by atoms with E-state index >= 15 is 0 Å². The lowest BCUT2D eigenvalue weighted by atomic mass is 10.0. The van der Waals surface area contributed by atoms with Crippen LogP contribution in [-0.4, -0.2) is 30.3 Å². The molecule has 1 aromatic heterocycles. The van der Waals surface area contributed by atoms with Crippen LogP contribution in [0.25, 0.3) is 11.3 Å². The van der Waals surface area contributed by atoms with E-state index in [2.05, 4.69) is 4.98 Å². The molecule has 23 heavy (non-hydrogen) atoms. The highest BCUT2D eigenvalue weighted by Crippen LogP contribution is 2.35. The molecule has 122 valence electrons. The van der Waals surface area contributed by atoms with Gasteiger partial charge in [-0.15, -0.1) is 0 Å². The molecule has 0 bridgehead atoms. The standard InChI is InChI=1S/C15H12F3NO4/c1-22-11-4-3-8(5-12(11)23-2)13-10(14(20)21)6-9(7-19-13)15(16,17)18/h3-7H,1-2H3,(H,20,21). The summed E-state index contributed by atoms with van der Waals surface area (Å²) in [6.45, 7) is 0. The van der Waals surface area contributed by atoms with Crippen LogP contribution in [0, 0.1) is 0 Å². The number of halogens is 3. The zero-order valence-corrected chi connectivity index (χ0v) is 12.1. The van der Waals surface area contributed by atoms with E-state index in [1.54, 1.807) is 0 Å². The van der Waals surface area contributed by atoms with Crippen LogP contribution < -0.4 is 9.47 Å². The Balaban J connectivity index is 2.61. The van der Waals surface area contributed by atoms with Crippen molar-refractivity contribution in [3.05, 3.63) is 41.6 Å². The highest BCUT2D eigenvalue weighted by molar-refractivity contribution is 5.95. The number of pyridine rings is 1. The molecule has 8 heteroatoms. The number of hydrogen-bond acceptors (Lipinski definition) is 4. The molecule has 2 aromatic rings. The monoisotopic (exact) mass is 327 g/mol. The van der Waals surface area contributed by atoms with Crippen molar-refractivity contribution in [3.63, 3.8) is 0 Å². The number of rotatable bonds is 4. The second kappa shape index (κ2) is 6.15. The Labute approximate surface area is 129 Å². The highest BCUT2D eigenvalue weighted by atomic mass is 19.4. The molecule has 2 rings (SSSR count). The number of nitrogens with zero attached hydrogens (tertiary/aromatic N) is 1. The number of carboxylic acids is 1. The molecule has 5 nitrogen and oxygen atoms in total. The van der Waals surface area contributed by atoms with Gasteiger partial charge in [0.15, 0.2) is 11.5 Å². The SMILES string of the molecule is COc1ccc(-c2ncc(C(F)(F)F)cc2C(=O)O)cc1OC. The molecule has 1 heterocycles. The third-order valence-electron chi connectivity index (χ3n) is 3.10. The van der Waals surface area contributed by atoms with E-state index in [0.29, 0.717) is 29.3 Å². The van der Waals surface area contributed by atoms with Gasteiger partial charge in [0.25, 0.3) is 0 Å². The number of aromatic carboxylic acids is 1. The number of hydrogen-bond donors (Lipinski definition) is 1. The van der Waals surface area contributed by atoms with Crippen molar-refractivity contribution >= 4 is 5.97 Å². The van der Waals surface area contributed by atoms with E-state index in [4.69, 9.17) is 9.47 Å². The first-order valence-corrected chi connectivity index (χ1v) is 6.31. The third kappa shape index (κ3) is 3.36. The molecule has 0 saturated heterocycles. The van der Waals surface area contributed by atoms with Crippen LogP contribution in [-0.2, 0) is 6.18 Å². The molecular formula is C15H12F3NO4. The minimum absolute atomic E-state index is 0.0912. The molecule has 1 aromatic carbocycles. The van der Waals surface area contributed by atoms with E-state index < -0.39 is 23.3 Å². The maximum atomic E-state index is 12.7. The van der Waals surface area contributed by atoms with E-state index in [0.717, 1.165) is 0 Å². The third-order valence-corrected chi connectivity index (χ3v) is 3.10. The lowest BCUT2D eigenvalue weighted by Gasteiger charge is -2.12. The predicted octanol–water partition coefficient (Wildman–Crippen LogP) is 3.48. The summed E-state index contributed by atoms with van der Waals surface area (Å²) >= 11 is 0. The Morgan fingerprint density at radius 1 is 1.13 bits per heavy atom. The second-order valence-corrected chi connectivity index (χ2v) is 4.49. The van der Waals surface area contributed by atoms with Crippen LogP contribution in [0.15, 0.2) is 30.5 Å². The molecule has 0 atom stereocenters. The minimum Gasteiger partial charge on any atom is -0.493 e. The fourth-order valence-electron chi connectivity index (χ4n) is 2.00. The number of carboxylic acid groups (broad SMARTS) is 1. The van der Waals surface area contributed by atoms with Crippen LogP contribution in [0.5, 0.6) is 11.5 Å². The summed E-state index contributed by atoms with van der Waals surface area (Å²) in [5, 5.41) is 9.18. The Bertz CT molecular complexity index is 744. The maximum Gasteiger partial charge on any atom is 0.417 e. The van der Waals surface area contributed by atoms with Crippen molar-refractivity contribution in [2.45, 2.75) is 6.18 Å². The van der Waals surface area contributed by atoms with Gasteiger partial charge < -0.3 is 14.6 Å². The van der Waals surface area contributed by atoms with Gasteiger partial charge >= 0.3 is 12.1 Å². The highest BCUT2D eigenvalue weighted by Gasteiger charge is 2.32. The topological polar surface area (TPSA) is 68.7 Å². The second-order valence-electron chi connectivity index (χ2n) is 4.49. The summed E-state index contributed by atoms with van der Waals surface area (Å²) in [6, 6.07) is 5.00. The molecule has 0 unspecified atom stereocenters. The Morgan fingerprint density at radius 2 is 1.78 bits per heavy atom. The summed E-state index contributed by atoms with van der Waals surface area (Å²) < 4.78 is 48.3. The lowest BCUT2D eigenvalue weighted by Crippen LogP contribution is -2.10. The molecule has 0 radical (unpaired) electrons. The normalized spacial score (nSPS) is 11.2. The van der Waals surface area contributed by atoms with E-state index in [1.165, 1.54) is 32.4 Å². The van der Waals surface area contributed by atoms with Crippen molar-refractivity contribution in [2.75, 3.05) is 14.2 Å². The fourth-order valence-corrected chi connectivity index (χ4v) is 2.00. The molecule has 0 saturated carbocycles. The Hall–Kier alpha value is -2.77. The summed E-state index contributed by atoms with van der Waals surface area (Å²) in [4.78, 5) is 15.0. The molecule has 0 aliphatic rings. The van der Waals surface area contributed by atoms with Crippen molar-refractivity contribution in [2.24, 2.45) is 0 Å². The fraction of sp³-hybridized carbons (Fsp3) is 0.200. The van der Waals surface area contributed by atoms with Crippen LogP contribution in [0.3, 0.4) is 0 Å². The number of ether oxygens (including phenoxy) is 2. The zero-order chi connectivity index (χ0) is 17.2. The van der Waals surface area contributed by atoms with Crippen LogP contribution in [0.2, 0.25) is 0 Å². The summed E-state index contributed by atoms with van der Waals surface area (Å²) in [5.74, 6) is -0.795. The van der Waals surface area contributed by atoms with Gasteiger partial charge in [0.1, 0.15) is 0 Å². The van der Waals surface area contributed by atoms with E-state index in [-0.39, 0.29) is 5.69 Å². The van der Waals surface area contributed by atoms with Crippen LogP contribution in [0.1, 0.15) is 15.9 Å². The first kappa shape index (κ1) is 16.6. The molecule has 0 aliphatic carbocycles. The molecule has 0 aliphatic heterocycles. The first-order valence-electron chi connectivity index (χ1n) is 6.31. The molecule has 1 N–H and O–H groups in total. The quantitative estimate of drug-likeness (QED) is 0.931. The molecule has 0 fully saturated rings. The number of alkyl halides is 3. The summed E-state index contributed by atoms with van der Waals surface area (Å²) in [5.41, 5.74) is -1.47. The van der Waals surface area contributed by atoms with Gasteiger partial charge in [-0.2, -0.15) is 13.2 Å². The lowest BCUT2D eigenvalue weighted by molar-refractivity contribution is -0.137. The minimum atomic E-state index is -4.67. The van der Waals surface area contributed by atoms with Gasteiger partial charge in [-0.3, -0.25) is 4.98 Å². The summed E-state index contributed by atoms with van der Waals surface area (Å²) in [7, 11) is 2.82. The van der Waals surface area contributed by atoms with Gasteiger partial charge in [0.2, 0.25) is 0 Å². The van der Waals surface area contributed by atoms with Gasteiger partial charge in [-0.25, -0.2) is 4.79 Å². The van der Waals surface area contributed by atoms with Crippen molar-refractivity contribution in [1.82, 2.24) is 4.98 Å².